The molecule has 2 aliphatic rings. The Balaban J connectivity index is 0.000000220. The molecule has 8 aromatic rings. The van der Waals surface area contributed by atoms with Gasteiger partial charge in [0, 0.05) is 48.9 Å². The first-order chi connectivity index (χ1) is 37.0. The van der Waals surface area contributed by atoms with Gasteiger partial charge in [0.15, 0.2) is 23.3 Å². The van der Waals surface area contributed by atoms with E-state index in [2.05, 4.69) is 61.9 Å². The molecule has 20 nitrogen and oxygen atoms in total. The van der Waals surface area contributed by atoms with Crippen LogP contribution < -0.4 is 90.2 Å². The summed E-state index contributed by atoms with van der Waals surface area (Å²) in [6.07, 6.45) is 6.71. The summed E-state index contributed by atoms with van der Waals surface area (Å²) in [6.45, 7) is 4.95. The second-order valence-corrected chi connectivity index (χ2v) is 19.6. The Bertz CT molecular complexity index is 3330. The molecule has 0 amide bonds. The number of nitrogens with one attached hydrogen (secondary N) is 4. The number of hydrogen-bond acceptors (Lipinski definition) is 20. The molecule has 2 saturated heterocycles. The molecule has 2 aliphatic heterocycles. The number of ether oxygens (including phenoxy) is 2. The summed E-state index contributed by atoms with van der Waals surface area (Å²) >= 11 is 0. The number of hydrogen-bond donors (Lipinski definition) is 4. The van der Waals surface area contributed by atoms with E-state index in [1.807, 2.05) is 109 Å². The molecule has 0 saturated carbocycles. The molecule has 0 unspecified atom stereocenters. The standard InChI is InChI=1S/2C27H26N6O4S.2Na/c2*34-38(35,36)24-13-7-5-9-21(24)15-14-20-8-4-6-12-23(20)29-27-25(33-16-18-37-19-17-33)26(30-32-31-27)28-22-10-2-1-3-11-22;;/h2*1-15H,16-19H2,(H,34,35,36)(H2,28,29,30,31);;/q;;2*+1/p-2/b2*15-14+;;. The molecular formula is C54H50N12Na2O8S2. The van der Waals surface area contributed by atoms with Crippen molar-refractivity contribution in [2.75, 3.05) is 83.7 Å². The molecule has 0 atom stereocenters. The van der Waals surface area contributed by atoms with Gasteiger partial charge in [0.05, 0.1) is 36.2 Å². The molecule has 0 bridgehead atoms. The molecule has 78 heavy (non-hydrogen) atoms. The maximum Gasteiger partial charge on any atom is 1.00 e. The monoisotopic (exact) mass is 1100 g/mol. The molecule has 4 N–H and O–H groups in total. The van der Waals surface area contributed by atoms with Crippen LogP contribution in [0.5, 0.6) is 0 Å². The molecule has 2 aromatic heterocycles. The maximum absolute atomic E-state index is 11.7. The number of aromatic nitrogens is 6. The first-order valence-electron chi connectivity index (χ1n) is 23.9. The van der Waals surface area contributed by atoms with Crippen LogP contribution in [0.2, 0.25) is 0 Å². The first-order valence-corrected chi connectivity index (χ1v) is 26.7. The molecule has 2 fully saturated rings. The predicted octanol–water partition coefficient (Wildman–Crippen LogP) is 2.55. The van der Waals surface area contributed by atoms with Gasteiger partial charge in [-0.15, -0.1) is 20.4 Å². The molecule has 0 radical (unpaired) electrons. The fourth-order valence-electron chi connectivity index (χ4n) is 8.28. The Morgan fingerprint density at radius 2 is 0.692 bits per heavy atom. The van der Waals surface area contributed by atoms with Crippen molar-refractivity contribution in [2.45, 2.75) is 9.79 Å². The van der Waals surface area contributed by atoms with E-state index in [-0.39, 0.29) is 68.9 Å². The number of para-hydroxylation sites is 4. The van der Waals surface area contributed by atoms with E-state index in [1.54, 1.807) is 48.6 Å². The van der Waals surface area contributed by atoms with E-state index in [1.165, 1.54) is 24.3 Å². The molecule has 24 heteroatoms. The zero-order valence-electron chi connectivity index (χ0n) is 42.6. The molecule has 10 rings (SSSR count). The summed E-state index contributed by atoms with van der Waals surface area (Å²) in [5, 5.41) is 38.6. The summed E-state index contributed by atoms with van der Waals surface area (Å²) in [7, 11) is -9.22. The van der Waals surface area contributed by atoms with Gasteiger partial charge in [0.2, 0.25) is 0 Å². The average molecular weight is 1110 g/mol. The summed E-state index contributed by atoms with van der Waals surface area (Å²) < 4.78 is 81.2. The fraction of sp³-hybridized carbons (Fsp3) is 0.148. The summed E-state index contributed by atoms with van der Waals surface area (Å²) in [6, 6.07) is 46.6. The van der Waals surface area contributed by atoms with Crippen LogP contribution in [-0.4, -0.2) is 109 Å². The quantitative estimate of drug-likeness (QED) is 0.0615. The Labute approximate surface area is 496 Å². The van der Waals surface area contributed by atoms with Gasteiger partial charge >= 0.3 is 59.1 Å². The van der Waals surface area contributed by atoms with E-state index in [9.17, 15) is 25.9 Å². The smallest absolute Gasteiger partial charge is 0.744 e. The maximum atomic E-state index is 11.7. The van der Waals surface area contributed by atoms with E-state index in [0.29, 0.717) is 98.4 Å². The average Bonchev–Trinajstić information content (AvgIpc) is 3.44. The Kier molecular flexibility index (Phi) is 21.4. The Morgan fingerprint density at radius 1 is 0.397 bits per heavy atom. The molecule has 6 aromatic carbocycles. The summed E-state index contributed by atoms with van der Waals surface area (Å²) in [4.78, 5) is 3.75. The van der Waals surface area contributed by atoms with Gasteiger partial charge in [-0.25, -0.2) is 16.8 Å². The van der Waals surface area contributed by atoms with Crippen LogP contribution >= 0.6 is 0 Å². The molecule has 0 aliphatic carbocycles. The summed E-state index contributed by atoms with van der Waals surface area (Å²) in [5.74, 6) is 2.11. The Hall–Kier alpha value is -6.64. The topological polar surface area (TPSA) is 265 Å². The van der Waals surface area contributed by atoms with Crippen molar-refractivity contribution in [3.8, 4) is 0 Å². The number of morpholine rings is 2. The van der Waals surface area contributed by atoms with Crippen molar-refractivity contribution in [1.82, 2.24) is 30.8 Å². The van der Waals surface area contributed by atoms with Crippen molar-refractivity contribution in [3.05, 3.63) is 180 Å². The van der Waals surface area contributed by atoms with E-state index in [0.717, 1.165) is 33.9 Å². The van der Waals surface area contributed by atoms with Gasteiger partial charge in [-0.2, -0.15) is 0 Å². The van der Waals surface area contributed by atoms with Crippen LogP contribution in [-0.2, 0) is 29.7 Å². The first kappa shape index (κ1) is 59.0. The normalized spacial score (nSPS) is 13.6. The van der Waals surface area contributed by atoms with Crippen LogP contribution in [0.1, 0.15) is 22.3 Å². The number of rotatable bonds is 16. The molecule has 0 spiro atoms. The molecule has 4 heterocycles. The third kappa shape index (κ3) is 15.8. The van der Waals surface area contributed by atoms with Crippen molar-refractivity contribution in [3.63, 3.8) is 0 Å². The third-order valence-electron chi connectivity index (χ3n) is 11.9. The number of benzene rings is 6. The summed E-state index contributed by atoms with van der Waals surface area (Å²) in [5.41, 5.74) is 6.81. The zero-order valence-corrected chi connectivity index (χ0v) is 48.3. The Morgan fingerprint density at radius 3 is 1.05 bits per heavy atom. The van der Waals surface area contributed by atoms with Gasteiger partial charge in [-0.1, -0.05) is 133 Å². The number of nitrogens with zero attached hydrogens (tertiary/aromatic N) is 8. The van der Waals surface area contributed by atoms with Crippen LogP contribution in [0.15, 0.2) is 168 Å². The minimum atomic E-state index is -4.61. The van der Waals surface area contributed by atoms with Gasteiger partial charge in [-0.05, 0) is 81.2 Å². The fourth-order valence-corrected chi connectivity index (χ4v) is 9.62. The van der Waals surface area contributed by atoms with Gasteiger partial charge < -0.3 is 49.6 Å². The molecular weight excluding hydrogens is 1050 g/mol. The van der Waals surface area contributed by atoms with Crippen molar-refractivity contribution >= 4 is 102 Å². The van der Waals surface area contributed by atoms with Crippen LogP contribution in [0.25, 0.3) is 24.3 Å². The van der Waals surface area contributed by atoms with Crippen LogP contribution in [0.4, 0.5) is 57.4 Å². The van der Waals surface area contributed by atoms with Crippen LogP contribution in [0, 0.1) is 0 Å². The van der Waals surface area contributed by atoms with Gasteiger partial charge in [0.1, 0.15) is 31.6 Å². The number of anilines is 10. The van der Waals surface area contributed by atoms with Crippen molar-refractivity contribution in [1.29, 1.82) is 0 Å². The van der Waals surface area contributed by atoms with Crippen molar-refractivity contribution in [2.24, 2.45) is 0 Å². The third-order valence-corrected chi connectivity index (χ3v) is 13.7. The van der Waals surface area contributed by atoms with Crippen LogP contribution in [0.3, 0.4) is 0 Å². The predicted molar refractivity (Wildman–Crippen MR) is 291 cm³/mol. The molecule has 388 valence electrons. The van der Waals surface area contributed by atoms with Gasteiger partial charge in [-0.3, -0.25) is 0 Å². The van der Waals surface area contributed by atoms with E-state index < -0.39 is 20.2 Å². The van der Waals surface area contributed by atoms with E-state index >= 15 is 0 Å². The minimum Gasteiger partial charge on any atom is -0.744 e. The van der Waals surface area contributed by atoms with Gasteiger partial charge in [0.25, 0.3) is 0 Å². The van der Waals surface area contributed by atoms with Crippen molar-refractivity contribution < 1.29 is 94.5 Å². The minimum absolute atomic E-state index is 0. The zero-order chi connectivity index (χ0) is 52.7. The SMILES string of the molecule is O=S(=O)([O-])c1ccccc1/C=C/c1ccccc1Nc1nnnc(Nc2ccccc2)c1N1CCOCC1.O=S(=O)([O-])c1ccccc1/C=C/c1ccccc1Nc1nnnc(Nc2ccccc2)c1N1CCOCC1.[Na+].[Na+]. The second kappa shape index (κ2) is 28.3. The second-order valence-electron chi connectivity index (χ2n) is 16.9. The van der Waals surface area contributed by atoms with E-state index in [4.69, 9.17) is 9.47 Å². The largest absolute Gasteiger partial charge is 1.00 e.